The minimum atomic E-state index is -0.787. The number of nitrogens with one attached hydrogen (secondary N) is 2. The first-order chi connectivity index (χ1) is 8.24. The minimum Gasteiger partial charge on any atom is -0.481 e. The number of H-pyrrole nitrogens is 1. The number of thiophene rings is 1. The van der Waals surface area contributed by atoms with Gasteiger partial charge in [0.2, 0.25) is 0 Å². The van der Waals surface area contributed by atoms with Crippen LogP contribution in [0.2, 0.25) is 0 Å². The molecular weight excluding hydrogens is 238 g/mol. The summed E-state index contributed by atoms with van der Waals surface area (Å²) in [6.45, 7) is 1.50. The van der Waals surface area contributed by atoms with Crippen LogP contribution in [0.15, 0.2) is 24.5 Å². The van der Waals surface area contributed by atoms with Gasteiger partial charge in [0.15, 0.2) is 0 Å². The third kappa shape index (κ3) is 3.69. The summed E-state index contributed by atoms with van der Waals surface area (Å²) in [6, 6.07) is 3.83. The molecule has 3 N–H and O–H groups in total. The van der Waals surface area contributed by atoms with E-state index in [2.05, 4.69) is 15.5 Å². The Morgan fingerprint density at radius 2 is 2.24 bits per heavy atom. The maximum atomic E-state index is 10.5. The molecule has 0 bridgehead atoms. The standard InChI is InChI=1S/C11H13N3O2S/c15-11(16)3-9-1-2-10(17-9)7-12-4-8-5-13-14-6-8/h1-2,5-6,12H,3-4,7H2,(H,13,14)(H,15,16). The number of carbonyl (C=O) groups is 1. The van der Waals surface area contributed by atoms with Gasteiger partial charge in [0.05, 0.1) is 12.6 Å². The maximum Gasteiger partial charge on any atom is 0.308 e. The monoisotopic (exact) mass is 251 g/mol. The van der Waals surface area contributed by atoms with E-state index < -0.39 is 5.97 Å². The molecule has 6 heteroatoms. The van der Waals surface area contributed by atoms with E-state index in [4.69, 9.17) is 5.11 Å². The Bertz CT molecular complexity index is 479. The van der Waals surface area contributed by atoms with Gasteiger partial charge in [0, 0.05) is 34.6 Å². The van der Waals surface area contributed by atoms with Crippen molar-refractivity contribution in [1.29, 1.82) is 0 Å². The van der Waals surface area contributed by atoms with Crippen LogP contribution in [-0.4, -0.2) is 21.3 Å². The zero-order chi connectivity index (χ0) is 12.1. The van der Waals surface area contributed by atoms with Gasteiger partial charge in [-0.3, -0.25) is 9.89 Å². The first-order valence-corrected chi connectivity index (χ1v) is 6.03. The summed E-state index contributed by atoms with van der Waals surface area (Å²) < 4.78 is 0. The molecule has 0 aromatic carbocycles. The van der Waals surface area contributed by atoms with Gasteiger partial charge in [0.25, 0.3) is 0 Å². The molecule has 2 aromatic heterocycles. The Morgan fingerprint density at radius 3 is 2.94 bits per heavy atom. The van der Waals surface area contributed by atoms with Gasteiger partial charge in [-0.15, -0.1) is 11.3 Å². The third-order valence-corrected chi connectivity index (χ3v) is 3.31. The van der Waals surface area contributed by atoms with Gasteiger partial charge in [-0.2, -0.15) is 5.10 Å². The molecule has 2 rings (SSSR count). The zero-order valence-corrected chi connectivity index (χ0v) is 9.96. The second kappa shape index (κ2) is 5.60. The Hall–Kier alpha value is -1.66. The number of aliphatic carboxylic acids is 1. The van der Waals surface area contributed by atoms with Crippen molar-refractivity contribution < 1.29 is 9.90 Å². The molecule has 0 atom stereocenters. The second-order valence-corrected chi connectivity index (χ2v) is 4.90. The minimum absolute atomic E-state index is 0.104. The van der Waals surface area contributed by atoms with Crippen molar-refractivity contribution in [2.24, 2.45) is 0 Å². The van der Waals surface area contributed by atoms with Gasteiger partial charge in [-0.05, 0) is 12.1 Å². The number of nitrogens with zero attached hydrogens (tertiary/aromatic N) is 1. The Balaban J connectivity index is 1.79. The molecule has 0 radical (unpaired) electrons. The number of aromatic amines is 1. The molecule has 0 aliphatic rings. The molecule has 0 aliphatic heterocycles. The molecule has 0 aliphatic carbocycles. The van der Waals surface area contributed by atoms with E-state index in [1.54, 1.807) is 6.20 Å². The molecule has 0 spiro atoms. The molecule has 17 heavy (non-hydrogen) atoms. The lowest BCUT2D eigenvalue weighted by Gasteiger charge is -1.99. The zero-order valence-electron chi connectivity index (χ0n) is 9.14. The molecule has 5 nitrogen and oxygen atoms in total. The predicted molar refractivity (Wildman–Crippen MR) is 64.8 cm³/mol. The van der Waals surface area contributed by atoms with Crippen molar-refractivity contribution in [2.45, 2.75) is 19.5 Å². The average Bonchev–Trinajstić information content (AvgIpc) is 2.89. The lowest BCUT2D eigenvalue weighted by molar-refractivity contribution is -0.136. The lowest BCUT2D eigenvalue weighted by atomic mass is 10.3. The normalized spacial score (nSPS) is 10.6. The largest absolute Gasteiger partial charge is 0.481 e. The first kappa shape index (κ1) is 11.8. The van der Waals surface area contributed by atoms with Gasteiger partial charge >= 0.3 is 5.97 Å². The fraction of sp³-hybridized carbons (Fsp3) is 0.273. The SMILES string of the molecule is O=C(O)Cc1ccc(CNCc2cn[nH]c2)s1. The van der Waals surface area contributed by atoms with E-state index in [0.29, 0.717) is 0 Å². The maximum absolute atomic E-state index is 10.5. The predicted octanol–water partition coefficient (Wildman–Crippen LogP) is 1.39. The fourth-order valence-corrected chi connectivity index (χ4v) is 2.44. The van der Waals surface area contributed by atoms with E-state index in [1.165, 1.54) is 11.3 Å². The number of hydrogen-bond acceptors (Lipinski definition) is 4. The molecule has 0 saturated carbocycles. The summed E-state index contributed by atoms with van der Waals surface area (Å²) in [7, 11) is 0. The number of carboxylic acid groups (broad SMARTS) is 1. The lowest BCUT2D eigenvalue weighted by Crippen LogP contribution is -2.11. The second-order valence-electron chi connectivity index (χ2n) is 3.65. The van der Waals surface area contributed by atoms with Crippen molar-refractivity contribution in [3.63, 3.8) is 0 Å². The van der Waals surface area contributed by atoms with Crippen molar-refractivity contribution in [2.75, 3.05) is 0 Å². The Morgan fingerprint density at radius 1 is 1.41 bits per heavy atom. The van der Waals surface area contributed by atoms with Crippen molar-refractivity contribution >= 4 is 17.3 Å². The number of aromatic nitrogens is 2. The van der Waals surface area contributed by atoms with E-state index in [1.807, 2.05) is 18.3 Å². The topological polar surface area (TPSA) is 78.0 Å². The summed E-state index contributed by atoms with van der Waals surface area (Å²) in [6.07, 6.45) is 3.72. The summed E-state index contributed by atoms with van der Waals surface area (Å²) in [4.78, 5) is 12.6. The third-order valence-electron chi connectivity index (χ3n) is 2.23. The van der Waals surface area contributed by atoms with Gasteiger partial charge in [-0.25, -0.2) is 0 Å². The van der Waals surface area contributed by atoms with Crippen LogP contribution in [0, 0.1) is 0 Å². The van der Waals surface area contributed by atoms with E-state index >= 15 is 0 Å². The summed E-state index contributed by atoms with van der Waals surface area (Å²) in [5.41, 5.74) is 1.10. The van der Waals surface area contributed by atoms with Crippen LogP contribution in [-0.2, 0) is 24.3 Å². The Kier molecular flexibility index (Phi) is 3.89. The molecule has 0 saturated heterocycles. The summed E-state index contributed by atoms with van der Waals surface area (Å²) in [5.74, 6) is -0.787. The van der Waals surface area contributed by atoms with Crippen LogP contribution in [0.5, 0.6) is 0 Å². The number of hydrogen-bond donors (Lipinski definition) is 3. The molecule has 0 amide bonds. The summed E-state index contributed by atoms with van der Waals surface area (Å²) >= 11 is 1.53. The van der Waals surface area contributed by atoms with E-state index in [0.717, 1.165) is 28.4 Å². The molecule has 0 unspecified atom stereocenters. The van der Waals surface area contributed by atoms with Crippen LogP contribution in [0.3, 0.4) is 0 Å². The highest BCUT2D eigenvalue weighted by Crippen LogP contribution is 2.16. The molecule has 0 fully saturated rings. The Labute approximate surface area is 102 Å². The number of rotatable bonds is 6. The highest BCUT2D eigenvalue weighted by Gasteiger charge is 2.04. The molecule has 90 valence electrons. The molecular formula is C11H13N3O2S. The van der Waals surface area contributed by atoms with Gasteiger partial charge in [-0.1, -0.05) is 0 Å². The van der Waals surface area contributed by atoms with Crippen LogP contribution in [0.1, 0.15) is 15.3 Å². The number of carboxylic acids is 1. The van der Waals surface area contributed by atoms with E-state index in [9.17, 15) is 4.79 Å². The molecule has 2 aromatic rings. The van der Waals surface area contributed by atoms with Crippen LogP contribution in [0.25, 0.3) is 0 Å². The van der Waals surface area contributed by atoms with Gasteiger partial charge < -0.3 is 10.4 Å². The fourth-order valence-electron chi connectivity index (χ4n) is 1.47. The summed E-state index contributed by atoms with van der Waals surface area (Å²) in [5, 5.41) is 18.5. The van der Waals surface area contributed by atoms with Crippen LogP contribution >= 0.6 is 11.3 Å². The van der Waals surface area contributed by atoms with Gasteiger partial charge in [0.1, 0.15) is 0 Å². The first-order valence-electron chi connectivity index (χ1n) is 5.22. The van der Waals surface area contributed by atoms with Crippen molar-refractivity contribution in [1.82, 2.24) is 15.5 Å². The highest BCUT2D eigenvalue weighted by atomic mass is 32.1. The van der Waals surface area contributed by atoms with Crippen LogP contribution < -0.4 is 5.32 Å². The average molecular weight is 251 g/mol. The quantitative estimate of drug-likeness (QED) is 0.725. The highest BCUT2D eigenvalue weighted by molar-refractivity contribution is 7.12. The van der Waals surface area contributed by atoms with E-state index in [-0.39, 0.29) is 6.42 Å². The van der Waals surface area contributed by atoms with Crippen molar-refractivity contribution in [3.8, 4) is 0 Å². The van der Waals surface area contributed by atoms with Crippen molar-refractivity contribution in [3.05, 3.63) is 39.8 Å². The smallest absolute Gasteiger partial charge is 0.308 e. The molecule has 2 heterocycles. The van der Waals surface area contributed by atoms with Crippen LogP contribution in [0.4, 0.5) is 0 Å².